The predicted octanol–water partition coefficient (Wildman–Crippen LogP) is 5.20. The van der Waals surface area contributed by atoms with Crippen LogP contribution in [0.4, 0.5) is 0 Å². The Balaban J connectivity index is 1.95. The average molecular weight is 290 g/mol. The monoisotopic (exact) mass is 290 g/mol. The highest BCUT2D eigenvalue weighted by Crippen LogP contribution is 2.22. The summed E-state index contributed by atoms with van der Waals surface area (Å²) in [5.74, 6) is 2.01. The first-order valence-electron chi connectivity index (χ1n) is 8.74. The Morgan fingerprint density at radius 3 is 2.10 bits per heavy atom. The highest BCUT2D eigenvalue weighted by Gasteiger charge is 2.19. The van der Waals surface area contributed by atoms with Gasteiger partial charge in [0.15, 0.2) is 5.78 Å². The summed E-state index contributed by atoms with van der Waals surface area (Å²) >= 11 is 0. The van der Waals surface area contributed by atoms with Crippen molar-refractivity contribution in [2.75, 3.05) is 0 Å². The van der Waals surface area contributed by atoms with Gasteiger partial charge in [-0.3, -0.25) is 4.79 Å². The molecule has 1 unspecified atom stereocenters. The van der Waals surface area contributed by atoms with Crippen molar-refractivity contribution >= 4 is 11.7 Å². The van der Waals surface area contributed by atoms with Crippen LogP contribution in [0.1, 0.15) is 84.0 Å². The summed E-state index contributed by atoms with van der Waals surface area (Å²) in [7, 11) is 0. The molecule has 0 spiro atoms. The second kappa shape index (κ2) is 11.5. The van der Waals surface area contributed by atoms with Gasteiger partial charge >= 0.3 is 0 Å². The molecule has 0 N–H and O–H groups in total. The van der Waals surface area contributed by atoms with Crippen molar-refractivity contribution in [2.24, 2.45) is 5.92 Å². The number of carbonyl (C=O) groups excluding carboxylic acids is 2. The molecule has 0 heterocycles. The molecule has 1 rings (SSSR count). The Morgan fingerprint density at radius 2 is 1.57 bits per heavy atom. The molecule has 0 aromatic rings. The number of hydrogen-bond donors (Lipinski definition) is 0. The molecular weight excluding hydrogens is 260 g/mol. The highest BCUT2D eigenvalue weighted by molar-refractivity contribution is 6.05. The molecule has 118 valence electrons. The number of ketones is 1. The maximum absolute atomic E-state index is 11.6. The van der Waals surface area contributed by atoms with E-state index in [0.29, 0.717) is 12.3 Å². The normalized spacial score (nSPS) is 18.0. The lowest BCUT2D eigenvalue weighted by molar-refractivity contribution is -0.116. The molecule has 0 aromatic heterocycles. The smallest absolute Gasteiger partial charge is 0.174 e. The van der Waals surface area contributed by atoms with Crippen molar-refractivity contribution in [3.05, 3.63) is 17.7 Å². The molecule has 0 saturated carbocycles. The number of unbranched alkanes of at least 4 members (excludes halogenated alkanes) is 9. The number of allylic oxidation sites excluding steroid dienone is 3. The molecular formula is C19H30O2. The summed E-state index contributed by atoms with van der Waals surface area (Å²) < 4.78 is 0. The van der Waals surface area contributed by atoms with Gasteiger partial charge in [-0.15, -0.1) is 0 Å². The van der Waals surface area contributed by atoms with E-state index in [2.05, 4.69) is 6.92 Å². The van der Waals surface area contributed by atoms with E-state index in [1.165, 1.54) is 64.2 Å². The molecule has 0 bridgehead atoms. The maximum atomic E-state index is 11.6. The zero-order valence-corrected chi connectivity index (χ0v) is 13.5. The first kappa shape index (κ1) is 17.9. The second-order valence-electron chi connectivity index (χ2n) is 6.23. The average Bonchev–Trinajstić information content (AvgIpc) is 2.49. The Kier molecular flexibility index (Phi) is 9.82. The molecule has 0 aromatic carbocycles. The van der Waals surface area contributed by atoms with Crippen molar-refractivity contribution in [3.63, 3.8) is 0 Å². The van der Waals surface area contributed by atoms with Gasteiger partial charge in [0.1, 0.15) is 11.5 Å². The van der Waals surface area contributed by atoms with Crippen LogP contribution >= 0.6 is 0 Å². The van der Waals surface area contributed by atoms with Crippen LogP contribution in [-0.2, 0) is 9.59 Å². The van der Waals surface area contributed by atoms with Crippen LogP contribution in [0.2, 0.25) is 0 Å². The van der Waals surface area contributed by atoms with Crippen LogP contribution in [-0.4, -0.2) is 11.7 Å². The standard InChI is InChI=1S/C19H30O2/c1-2-3-4-5-6-7-8-9-10-11-12-17-13-14-18(16-20)19(21)15-17/h13-14,17H,2-12,15H2,1H3. The number of carbonyl (C=O) groups is 1. The molecule has 0 saturated heterocycles. The van der Waals surface area contributed by atoms with Gasteiger partial charge in [0, 0.05) is 6.42 Å². The Hall–Kier alpha value is -1.14. The first-order chi connectivity index (χ1) is 10.3. The third-order valence-electron chi connectivity index (χ3n) is 4.32. The van der Waals surface area contributed by atoms with E-state index in [4.69, 9.17) is 0 Å². The van der Waals surface area contributed by atoms with Crippen molar-refractivity contribution in [1.29, 1.82) is 0 Å². The zero-order chi connectivity index (χ0) is 15.3. The lowest BCUT2D eigenvalue weighted by atomic mass is 9.88. The SMILES string of the molecule is CCCCCCCCCCCCC1C=CC(=C=O)C(=O)C1. The predicted molar refractivity (Wildman–Crippen MR) is 87.9 cm³/mol. The molecule has 0 aliphatic heterocycles. The van der Waals surface area contributed by atoms with Gasteiger partial charge in [0.2, 0.25) is 0 Å². The van der Waals surface area contributed by atoms with Crippen molar-refractivity contribution in [3.8, 4) is 0 Å². The van der Waals surface area contributed by atoms with E-state index in [0.717, 1.165) is 6.42 Å². The van der Waals surface area contributed by atoms with Crippen LogP contribution in [0.3, 0.4) is 0 Å². The molecule has 2 heteroatoms. The van der Waals surface area contributed by atoms with Gasteiger partial charge in [0.25, 0.3) is 0 Å². The topological polar surface area (TPSA) is 34.1 Å². The minimum absolute atomic E-state index is 0.0374. The quantitative estimate of drug-likeness (QED) is 0.298. The fraction of sp³-hybridized carbons (Fsp3) is 0.737. The first-order valence-corrected chi connectivity index (χ1v) is 8.74. The summed E-state index contributed by atoms with van der Waals surface area (Å²) in [5.41, 5.74) is 0.217. The van der Waals surface area contributed by atoms with Gasteiger partial charge in [-0.05, 0) is 18.4 Å². The van der Waals surface area contributed by atoms with Crippen LogP contribution < -0.4 is 0 Å². The maximum Gasteiger partial charge on any atom is 0.174 e. The highest BCUT2D eigenvalue weighted by atomic mass is 16.1. The Bertz CT molecular complexity index is 375. The zero-order valence-electron chi connectivity index (χ0n) is 13.5. The number of hydrogen-bond acceptors (Lipinski definition) is 2. The van der Waals surface area contributed by atoms with Gasteiger partial charge in [-0.1, -0.05) is 77.2 Å². The van der Waals surface area contributed by atoms with Crippen LogP contribution in [0.25, 0.3) is 0 Å². The third kappa shape index (κ3) is 8.02. The number of rotatable bonds is 11. The second-order valence-corrected chi connectivity index (χ2v) is 6.23. The summed E-state index contributed by atoms with van der Waals surface area (Å²) in [6.45, 7) is 2.26. The van der Waals surface area contributed by atoms with Gasteiger partial charge in [-0.2, -0.15) is 0 Å². The van der Waals surface area contributed by atoms with Crippen molar-refractivity contribution < 1.29 is 9.59 Å². The van der Waals surface area contributed by atoms with E-state index in [-0.39, 0.29) is 11.4 Å². The third-order valence-corrected chi connectivity index (χ3v) is 4.32. The molecule has 0 fully saturated rings. The minimum Gasteiger partial charge on any atom is -0.293 e. The fourth-order valence-corrected chi connectivity index (χ4v) is 2.92. The van der Waals surface area contributed by atoms with Crippen molar-refractivity contribution in [1.82, 2.24) is 0 Å². The van der Waals surface area contributed by atoms with E-state index in [1.807, 2.05) is 6.08 Å². The van der Waals surface area contributed by atoms with Crippen LogP contribution in [0, 0.1) is 5.92 Å². The van der Waals surface area contributed by atoms with Crippen molar-refractivity contribution in [2.45, 2.75) is 84.0 Å². The molecule has 2 nitrogen and oxygen atoms in total. The summed E-state index contributed by atoms with van der Waals surface area (Å²) in [5, 5.41) is 0. The van der Waals surface area contributed by atoms with Gasteiger partial charge < -0.3 is 0 Å². The lowest BCUT2D eigenvalue weighted by Crippen LogP contribution is -2.13. The number of Topliss-reactive ketones (excluding diaryl/α,β-unsaturated/α-hetero) is 1. The molecule has 1 atom stereocenters. The van der Waals surface area contributed by atoms with E-state index >= 15 is 0 Å². The summed E-state index contributed by atoms with van der Waals surface area (Å²) in [4.78, 5) is 22.1. The van der Waals surface area contributed by atoms with E-state index < -0.39 is 0 Å². The largest absolute Gasteiger partial charge is 0.293 e. The van der Waals surface area contributed by atoms with E-state index in [1.54, 1.807) is 12.0 Å². The molecule has 0 radical (unpaired) electrons. The van der Waals surface area contributed by atoms with Gasteiger partial charge in [-0.25, -0.2) is 4.79 Å². The van der Waals surface area contributed by atoms with Crippen LogP contribution in [0.5, 0.6) is 0 Å². The Labute approximate surface area is 129 Å². The van der Waals surface area contributed by atoms with Crippen LogP contribution in [0.15, 0.2) is 17.7 Å². The lowest BCUT2D eigenvalue weighted by Gasteiger charge is -2.15. The Morgan fingerprint density at radius 1 is 1.00 bits per heavy atom. The summed E-state index contributed by atoms with van der Waals surface area (Å²) in [6, 6.07) is 0. The molecule has 1 aliphatic carbocycles. The molecule has 1 aliphatic rings. The van der Waals surface area contributed by atoms with E-state index in [9.17, 15) is 9.59 Å². The molecule has 21 heavy (non-hydrogen) atoms. The fourth-order valence-electron chi connectivity index (χ4n) is 2.92. The molecule has 0 amide bonds. The minimum atomic E-state index is -0.0374. The van der Waals surface area contributed by atoms with Gasteiger partial charge in [0.05, 0.1) is 0 Å². The summed E-state index contributed by atoms with van der Waals surface area (Å²) in [6.07, 6.45) is 18.6.